The van der Waals surface area contributed by atoms with Crippen LogP contribution in [0.3, 0.4) is 0 Å². The van der Waals surface area contributed by atoms with E-state index in [0.717, 1.165) is 68.8 Å². The summed E-state index contributed by atoms with van der Waals surface area (Å²) >= 11 is 3.49. The molecule has 8 nitrogen and oxygen atoms in total. The number of amides is 2. The molecule has 0 saturated heterocycles. The van der Waals surface area contributed by atoms with Gasteiger partial charge in [0, 0.05) is 74.4 Å². The average Bonchev–Trinajstić information content (AvgIpc) is 3.94. The van der Waals surface area contributed by atoms with Gasteiger partial charge in [-0.3, -0.25) is 9.59 Å². The maximum absolute atomic E-state index is 14.2. The molecule has 0 aliphatic carbocycles. The molecular formula is C54H58N4O4S2. The van der Waals surface area contributed by atoms with Crippen LogP contribution < -0.4 is 9.47 Å². The van der Waals surface area contributed by atoms with Crippen LogP contribution in [0.25, 0.3) is 22.3 Å². The van der Waals surface area contributed by atoms with Gasteiger partial charge in [-0.25, -0.2) is 9.97 Å². The van der Waals surface area contributed by atoms with Crippen molar-refractivity contribution in [2.75, 3.05) is 13.1 Å². The molecule has 0 N–H and O–H groups in total. The van der Waals surface area contributed by atoms with E-state index in [-0.39, 0.29) is 35.9 Å². The van der Waals surface area contributed by atoms with E-state index < -0.39 is 0 Å². The molecule has 6 heterocycles. The van der Waals surface area contributed by atoms with Gasteiger partial charge in [-0.2, -0.15) is 0 Å². The van der Waals surface area contributed by atoms with E-state index in [1.165, 1.54) is 27.0 Å². The van der Waals surface area contributed by atoms with Gasteiger partial charge in [0.05, 0.1) is 25.3 Å². The molecule has 0 unspecified atom stereocenters. The SMILES string of the molecule is C=CC(=O)N1Cc2sc(C/C=C/C(=O)N3Cc4sc(C)cc4[C@@H](c4ccccc4-c4cccnc4OC(CC)CC)C3)cc2[C@H](c2ccccc2-c2cccnc2OC(CC)CC)C1. The van der Waals surface area contributed by atoms with Crippen LogP contribution in [0.1, 0.15) is 107 Å². The molecule has 64 heavy (non-hydrogen) atoms. The van der Waals surface area contributed by atoms with E-state index in [4.69, 9.17) is 14.5 Å². The van der Waals surface area contributed by atoms with Crippen LogP contribution in [0.15, 0.2) is 122 Å². The molecule has 0 fully saturated rings. The second-order valence-corrected chi connectivity index (χ2v) is 19.2. The normalized spacial score (nSPS) is 16.0. The molecule has 0 spiro atoms. The van der Waals surface area contributed by atoms with Crippen LogP contribution in [0.5, 0.6) is 11.8 Å². The predicted octanol–water partition coefficient (Wildman–Crippen LogP) is 12.3. The highest BCUT2D eigenvalue weighted by atomic mass is 32.1. The fraction of sp³-hybridized carbons (Fsp3) is 0.333. The van der Waals surface area contributed by atoms with Crippen molar-refractivity contribution in [3.8, 4) is 34.0 Å². The van der Waals surface area contributed by atoms with E-state index in [1.807, 2.05) is 28.0 Å². The summed E-state index contributed by atoms with van der Waals surface area (Å²) in [5.41, 5.74) is 8.81. The van der Waals surface area contributed by atoms with Crippen molar-refractivity contribution in [1.82, 2.24) is 19.8 Å². The van der Waals surface area contributed by atoms with E-state index in [9.17, 15) is 9.59 Å². The second kappa shape index (κ2) is 20.3. The smallest absolute Gasteiger partial charge is 0.246 e. The van der Waals surface area contributed by atoms with Crippen molar-refractivity contribution < 1.29 is 19.1 Å². The number of ether oxygens (including phenoxy) is 2. The number of thiophene rings is 2. The lowest BCUT2D eigenvalue weighted by molar-refractivity contribution is -0.127. The minimum Gasteiger partial charge on any atom is -0.474 e. The second-order valence-electron chi connectivity index (χ2n) is 16.7. The van der Waals surface area contributed by atoms with E-state index in [2.05, 4.69) is 119 Å². The van der Waals surface area contributed by atoms with Crippen molar-refractivity contribution >= 4 is 34.5 Å². The maximum Gasteiger partial charge on any atom is 0.246 e. The molecule has 0 radical (unpaired) electrons. The zero-order valence-electron chi connectivity index (χ0n) is 37.6. The standard InChI is InChI=1S/C54H58N4O4S2/c1-7-36(8-2)61-53-43(24-17-27-55-53)39-20-12-14-22-41(39)47-32-58(33-49-45(47)29-35(6)63-49)52(60)26-16-19-38-30-46-48(31-57(51(59)11-5)34-50(46)64-38)42-23-15-13-21-40(42)44-25-18-28-56-54(44)62-37(9-3)10-4/h11-18,20-30,36-37,47-48H,5,7-10,19,31-34H2,1-4,6H3/b26-16+/t47-,48+/m1/s1. The molecule has 0 bridgehead atoms. The summed E-state index contributed by atoms with van der Waals surface area (Å²) in [6, 6.07) is 29.6. The summed E-state index contributed by atoms with van der Waals surface area (Å²) < 4.78 is 12.9. The molecule has 2 aromatic carbocycles. The van der Waals surface area contributed by atoms with Gasteiger partial charge in [-0.05, 0) is 115 Å². The van der Waals surface area contributed by atoms with Gasteiger partial charge in [0.2, 0.25) is 23.6 Å². The molecule has 4 aromatic heterocycles. The number of aryl methyl sites for hydroxylation is 1. The fourth-order valence-electron chi connectivity index (χ4n) is 9.21. The number of hydrogen-bond donors (Lipinski definition) is 0. The third-order valence-corrected chi connectivity index (χ3v) is 14.8. The number of fused-ring (bicyclic) bond motifs is 2. The Kier molecular flexibility index (Phi) is 14.2. The van der Waals surface area contributed by atoms with Crippen molar-refractivity contribution in [2.45, 2.75) is 104 Å². The Balaban J connectivity index is 1.06. The van der Waals surface area contributed by atoms with Crippen LogP contribution >= 0.6 is 22.7 Å². The maximum atomic E-state index is 14.2. The average molecular weight is 891 g/mol. The molecule has 2 aliphatic rings. The summed E-state index contributed by atoms with van der Waals surface area (Å²) in [7, 11) is 0. The summed E-state index contributed by atoms with van der Waals surface area (Å²) in [6.45, 7) is 16.7. The third-order valence-electron chi connectivity index (χ3n) is 12.6. The minimum absolute atomic E-state index is 0.00271. The molecule has 2 amide bonds. The van der Waals surface area contributed by atoms with Crippen LogP contribution in [-0.2, 0) is 29.1 Å². The van der Waals surface area contributed by atoms with E-state index in [0.29, 0.717) is 44.4 Å². The highest BCUT2D eigenvalue weighted by Crippen LogP contribution is 2.45. The molecule has 2 aliphatic heterocycles. The van der Waals surface area contributed by atoms with Crippen LogP contribution in [-0.4, -0.2) is 56.9 Å². The molecular weight excluding hydrogens is 833 g/mol. The Labute approximate surface area is 386 Å². The Morgan fingerprint density at radius 1 is 0.672 bits per heavy atom. The van der Waals surface area contributed by atoms with Crippen molar-refractivity contribution in [3.05, 3.63) is 164 Å². The number of benzene rings is 2. The number of nitrogens with zero attached hydrogens (tertiary/aromatic N) is 4. The Morgan fingerprint density at radius 2 is 1.16 bits per heavy atom. The van der Waals surface area contributed by atoms with Gasteiger partial charge in [0.1, 0.15) is 0 Å². The zero-order chi connectivity index (χ0) is 44.7. The first-order chi connectivity index (χ1) is 31.2. The third kappa shape index (κ3) is 9.49. The van der Waals surface area contributed by atoms with Crippen LogP contribution in [0.4, 0.5) is 0 Å². The first-order valence-electron chi connectivity index (χ1n) is 22.7. The number of rotatable bonds is 16. The van der Waals surface area contributed by atoms with Gasteiger partial charge in [-0.15, -0.1) is 22.7 Å². The van der Waals surface area contributed by atoms with Crippen molar-refractivity contribution in [3.63, 3.8) is 0 Å². The lowest BCUT2D eigenvalue weighted by atomic mass is 9.83. The summed E-state index contributed by atoms with van der Waals surface area (Å²) in [5, 5.41) is 0. The van der Waals surface area contributed by atoms with Gasteiger partial charge in [-0.1, -0.05) is 88.9 Å². The molecule has 8 rings (SSSR count). The quantitative estimate of drug-likeness (QED) is 0.0900. The number of hydrogen-bond acceptors (Lipinski definition) is 8. The zero-order valence-corrected chi connectivity index (χ0v) is 39.2. The Hall–Kier alpha value is -5.84. The predicted molar refractivity (Wildman–Crippen MR) is 260 cm³/mol. The van der Waals surface area contributed by atoms with Gasteiger partial charge < -0.3 is 19.3 Å². The summed E-state index contributed by atoms with van der Waals surface area (Å²) in [5.74, 6) is 1.09. The molecule has 2 atom stereocenters. The number of pyridine rings is 2. The molecule has 6 aromatic rings. The monoisotopic (exact) mass is 890 g/mol. The lowest BCUT2D eigenvalue weighted by Crippen LogP contribution is -2.37. The summed E-state index contributed by atoms with van der Waals surface area (Å²) in [6.07, 6.45) is 13.1. The van der Waals surface area contributed by atoms with Gasteiger partial charge in [0.15, 0.2) is 0 Å². The first kappa shape index (κ1) is 44.8. The molecule has 0 saturated carbocycles. The van der Waals surface area contributed by atoms with E-state index in [1.54, 1.807) is 41.1 Å². The topological polar surface area (TPSA) is 84.9 Å². The highest BCUT2D eigenvalue weighted by molar-refractivity contribution is 7.12. The summed E-state index contributed by atoms with van der Waals surface area (Å²) in [4.78, 5) is 45.5. The first-order valence-corrected chi connectivity index (χ1v) is 24.4. The lowest BCUT2D eigenvalue weighted by Gasteiger charge is -2.33. The number of carbonyl (C=O) groups excluding carboxylic acids is 2. The Morgan fingerprint density at radius 3 is 1.69 bits per heavy atom. The largest absolute Gasteiger partial charge is 0.474 e. The number of allylic oxidation sites excluding steroid dienone is 1. The van der Waals surface area contributed by atoms with Crippen molar-refractivity contribution in [1.29, 1.82) is 0 Å². The van der Waals surface area contributed by atoms with Gasteiger partial charge >= 0.3 is 0 Å². The van der Waals surface area contributed by atoms with Crippen LogP contribution in [0.2, 0.25) is 0 Å². The molecule has 330 valence electrons. The van der Waals surface area contributed by atoms with Gasteiger partial charge in [0.25, 0.3) is 0 Å². The van der Waals surface area contributed by atoms with Crippen LogP contribution in [0, 0.1) is 6.92 Å². The highest BCUT2D eigenvalue weighted by Gasteiger charge is 2.34. The molecule has 10 heteroatoms. The number of carbonyl (C=O) groups is 2. The van der Waals surface area contributed by atoms with E-state index >= 15 is 0 Å². The Bertz CT molecular complexity index is 2640. The number of aromatic nitrogens is 2. The van der Waals surface area contributed by atoms with Crippen molar-refractivity contribution in [2.24, 2.45) is 0 Å². The minimum atomic E-state index is -0.0879. The fourth-order valence-corrected chi connectivity index (χ4v) is 11.5.